The van der Waals surface area contributed by atoms with Crippen molar-refractivity contribution < 1.29 is 14.9 Å². The Kier molecular flexibility index (Phi) is 2.66. The Morgan fingerprint density at radius 3 is 1.53 bits per heavy atom. The number of hydrogen-bond donors (Lipinski definition) is 4. The molecule has 0 bridgehead atoms. The zero-order valence-electron chi connectivity index (χ0n) is 8.92. The molecule has 0 unspecified atom stereocenters. The highest BCUT2D eigenvalue weighted by Crippen LogP contribution is 2.36. The molecule has 2 rings (SSSR count). The molecule has 0 radical (unpaired) electrons. The smallest absolute Gasteiger partial charge is 0.169 e. The molecule has 0 fully saturated rings. The van der Waals surface area contributed by atoms with Crippen molar-refractivity contribution in [3.05, 3.63) is 36.4 Å². The molecule has 0 spiro atoms. The molecule has 0 saturated heterocycles. The van der Waals surface area contributed by atoms with Gasteiger partial charge in [0.1, 0.15) is 0 Å². The third-order valence-corrected chi connectivity index (χ3v) is 2.19. The second-order valence-electron chi connectivity index (χ2n) is 3.56. The summed E-state index contributed by atoms with van der Waals surface area (Å²) in [5, 5.41) is 19.2. The van der Waals surface area contributed by atoms with Gasteiger partial charge in [0.15, 0.2) is 23.0 Å². The zero-order valence-corrected chi connectivity index (χ0v) is 8.92. The molecule has 0 aliphatic rings. The summed E-state index contributed by atoms with van der Waals surface area (Å²) in [5.41, 5.74) is 11.8. The van der Waals surface area contributed by atoms with E-state index < -0.39 is 0 Å². The maximum atomic E-state index is 9.59. The third kappa shape index (κ3) is 2.34. The van der Waals surface area contributed by atoms with E-state index in [1.54, 1.807) is 12.1 Å². The van der Waals surface area contributed by atoms with E-state index >= 15 is 0 Å². The van der Waals surface area contributed by atoms with Gasteiger partial charge in [0.05, 0.1) is 0 Å². The summed E-state index contributed by atoms with van der Waals surface area (Å²) >= 11 is 0. The predicted octanol–water partition coefficient (Wildman–Crippen LogP) is 2.05. The number of hydrogen-bond acceptors (Lipinski definition) is 5. The molecule has 5 nitrogen and oxygen atoms in total. The van der Waals surface area contributed by atoms with E-state index in [9.17, 15) is 10.2 Å². The first-order chi connectivity index (χ1) is 8.06. The summed E-state index contributed by atoms with van der Waals surface area (Å²) in [4.78, 5) is 0. The van der Waals surface area contributed by atoms with Crippen molar-refractivity contribution in [2.75, 3.05) is 11.5 Å². The van der Waals surface area contributed by atoms with Crippen LogP contribution in [0.3, 0.4) is 0 Å². The van der Waals surface area contributed by atoms with Gasteiger partial charge in [0, 0.05) is 23.5 Å². The van der Waals surface area contributed by atoms with E-state index in [1.807, 2.05) is 0 Å². The maximum Gasteiger partial charge on any atom is 0.169 e. The molecule has 0 amide bonds. The standard InChI is InChI=1S/C12H12N2O3/c13-7-1-3-11(9(15)5-7)17-12-4-2-8(14)6-10(12)16/h1-6,15-16H,13-14H2. The molecule has 2 aromatic carbocycles. The topological polar surface area (TPSA) is 102 Å². The molecule has 0 saturated carbocycles. The van der Waals surface area contributed by atoms with E-state index in [2.05, 4.69) is 0 Å². The van der Waals surface area contributed by atoms with Crippen molar-refractivity contribution in [2.45, 2.75) is 0 Å². The average molecular weight is 232 g/mol. The van der Waals surface area contributed by atoms with Gasteiger partial charge < -0.3 is 26.4 Å². The van der Waals surface area contributed by atoms with Crippen molar-refractivity contribution in [1.82, 2.24) is 0 Å². The molecule has 0 heterocycles. The van der Waals surface area contributed by atoms with Crippen LogP contribution in [0.15, 0.2) is 36.4 Å². The molecule has 2 aromatic rings. The molecule has 88 valence electrons. The Morgan fingerprint density at radius 2 is 1.18 bits per heavy atom. The summed E-state index contributed by atoms with van der Waals surface area (Å²) in [6.45, 7) is 0. The number of aromatic hydroxyl groups is 2. The Bertz CT molecular complexity index is 506. The molecule has 0 aromatic heterocycles. The van der Waals surface area contributed by atoms with Crippen molar-refractivity contribution >= 4 is 11.4 Å². The summed E-state index contributed by atoms with van der Waals surface area (Å²) in [5.74, 6) is 0.223. The van der Waals surface area contributed by atoms with Crippen molar-refractivity contribution in [3.8, 4) is 23.0 Å². The molecule has 0 atom stereocenters. The molecule has 0 aliphatic heterocycles. The number of rotatable bonds is 2. The number of ether oxygens (including phenoxy) is 1. The van der Waals surface area contributed by atoms with E-state index in [-0.39, 0.29) is 23.0 Å². The first-order valence-electron chi connectivity index (χ1n) is 4.91. The molecule has 0 aliphatic carbocycles. The highest BCUT2D eigenvalue weighted by atomic mass is 16.5. The lowest BCUT2D eigenvalue weighted by molar-refractivity contribution is 0.385. The summed E-state index contributed by atoms with van der Waals surface area (Å²) < 4.78 is 5.34. The van der Waals surface area contributed by atoms with Crippen molar-refractivity contribution in [1.29, 1.82) is 0 Å². The van der Waals surface area contributed by atoms with Gasteiger partial charge in [-0.2, -0.15) is 0 Å². The van der Waals surface area contributed by atoms with E-state index in [1.165, 1.54) is 24.3 Å². The first-order valence-corrected chi connectivity index (χ1v) is 4.91. The molecule has 17 heavy (non-hydrogen) atoms. The maximum absolute atomic E-state index is 9.59. The van der Waals surface area contributed by atoms with Crippen LogP contribution in [0.2, 0.25) is 0 Å². The van der Waals surface area contributed by atoms with Gasteiger partial charge >= 0.3 is 0 Å². The lowest BCUT2D eigenvalue weighted by Crippen LogP contribution is -1.90. The zero-order chi connectivity index (χ0) is 12.4. The predicted molar refractivity (Wildman–Crippen MR) is 65.1 cm³/mol. The van der Waals surface area contributed by atoms with Crippen LogP contribution in [0.1, 0.15) is 0 Å². The van der Waals surface area contributed by atoms with Gasteiger partial charge in [-0.15, -0.1) is 0 Å². The number of nitrogens with two attached hydrogens (primary N) is 2. The first kappa shape index (κ1) is 10.9. The molecular formula is C12H12N2O3. The lowest BCUT2D eigenvalue weighted by atomic mass is 10.2. The summed E-state index contributed by atoms with van der Waals surface area (Å²) in [6.07, 6.45) is 0. The fraction of sp³-hybridized carbons (Fsp3) is 0. The lowest BCUT2D eigenvalue weighted by Gasteiger charge is -2.09. The Labute approximate surface area is 97.9 Å². The minimum absolute atomic E-state index is 0.0961. The largest absolute Gasteiger partial charge is 0.504 e. The van der Waals surface area contributed by atoms with Crippen LogP contribution in [0.4, 0.5) is 11.4 Å². The highest BCUT2D eigenvalue weighted by Gasteiger charge is 2.08. The average Bonchev–Trinajstić information content (AvgIpc) is 2.25. The van der Waals surface area contributed by atoms with Gasteiger partial charge in [-0.25, -0.2) is 0 Å². The summed E-state index contributed by atoms with van der Waals surface area (Å²) in [7, 11) is 0. The molecule has 6 N–H and O–H groups in total. The minimum Gasteiger partial charge on any atom is -0.504 e. The van der Waals surface area contributed by atoms with E-state index in [0.717, 1.165) is 0 Å². The summed E-state index contributed by atoms with van der Waals surface area (Å²) in [6, 6.07) is 8.93. The number of benzene rings is 2. The fourth-order valence-electron chi connectivity index (χ4n) is 1.36. The molecular weight excluding hydrogens is 220 g/mol. The van der Waals surface area contributed by atoms with Crippen molar-refractivity contribution in [2.24, 2.45) is 0 Å². The monoisotopic (exact) mass is 232 g/mol. The quantitative estimate of drug-likeness (QED) is 0.593. The third-order valence-electron chi connectivity index (χ3n) is 2.19. The number of nitrogen functional groups attached to an aromatic ring is 2. The van der Waals surface area contributed by atoms with Gasteiger partial charge in [0.25, 0.3) is 0 Å². The number of phenols is 2. The second-order valence-corrected chi connectivity index (χ2v) is 3.56. The SMILES string of the molecule is Nc1ccc(Oc2ccc(N)cc2O)c(O)c1. The fourth-order valence-corrected chi connectivity index (χ4v) is 1.36. The van der Waals surface area contributed by atoms with Gasteiger partial charge in [-0.3, -0.25) is 0 Å². The second kappa shape index (κ2) is 4.13. The number of anilines is 2. The normalized spacial score (nSPS) is 10.1. The highest BCUT2D eigenvalue weighted by molar-refractivity contribution is 5.56. The van der Waals surface area contributed by atoms with Crippen LogP contribution in [-0.2, 0) is 0 Å². The van der Waals surface area contributed by atoms with Gasteiger partial charge in [-0.05, 0) is 24.3 Å². The van der Waals surface area contributed by atoms with Gasteiger partial charge in [-0.1, -0.05) is 0 Å². The van der Waals surface area contributed by atoms with E-state index in [0.29, 0.717) is 11.4 Å². The van der Waals surface area contributed by atoms with Crippen LogP contribution >= 0.6 is 0 Å². The Hall–Kier alpha value is -2.56. The van der Waals surface area contributed by atoms with Crippen LogP contribution in [0.5, 0.6) is 23.0 Å². The van der Waals surface area contributed by atoms with Crippen LogP contribution in [-0.4, -0.2) is 10.2 Å². The van der Waals surface area contributed by atoms with Gasteiger partial charge in [0.2, 0.25) is 0 Å². The Balaban J connectivity index is 2.31. The number of phenolic OH excluding ortho intramolecular Hbond substituents is 2. The van der Waals surface area contributed by atoms with Crippen molar-refractivity contribution in [3.63, 3.8) is 0 Å². The minimum atomic E-state index is -0.0961. The van der Waals surface area contributed by atoms with E-state index in [4.69, 9.17) is 16.2 Å². The Morgan fingerprint density at radius 1 is 0.765 bits per heavy atom. The van der Waals surface area contributed by atoms with Crippen LogP contribution in [0.25, 0.3) is 0 Å². The molecule has 5 heteroatoms. The van der Waals surface area contributed by atoms with Crippen LogP contribution < -0.4 is 16.2 Å². The van der Waals surface area contributed by atoms with Crippen LogP contribution in [0, 0.1) is 0 Å².